The molecule has 1 aromatic heterocycles. The Labute approximate surface area is 223 Å². The lowest BCUT2D eigenvalue weighted by Gasteiger charge is -2.09. The number of nitrogens with one attached hydrogen (secondary N) is 1. The topological polar surface area (TPSA) is 106 Å². The van der Waals surface area contributed by atoms with E-state index in [4.69, 9.17) is 9.47 Å². The SMILES string of the molecule is Cc1ccccc1/C(N=Nc1cccc(F)c1)=N\Nc1nc(Oc2ccccc2)nc(Oc2ccccc2)n1. The minimum absolute atomic E-state index is 0.00124. The van der Waals surface area contributed by atoms with Crippen molar-refractivity contribution in [3.63, 3.8) is 0 Å². The van der Waals surface area contributed by atoms with E-state index in [1.165, 1.54) is 12.1 Å². The van der Waals surface area contributed by atoms with Crippen molar-refractivity contribution in [3.05, 3.63) is 126 Å². The predicted octanol–water partition coefficient (Wildman–Crippen LogP) is 7.46. The lowest BCUT2D eigenvalue weighted by molar-refractivity contribution is 0.398. The van der Waals surface area contributed by atoms with Crippen molar-refractivity contribution < 1.29 is 13.9 Å². The minimum Gasteiger partial charge on any atom is -0.424 e. The molecule has 9 nitrogen and oxygen atoms in total. The van der Waals surface area contributed by atoms with Crippen LogP contribution >= 0.6 is 0 Å². The molecular weight excluding hydrogens is 497 g/mol. The number of ether oxygens (including phenoxy) is 2. The Bertz CT molecular complexity index is 1550. The molecule has 10 heteroatoms. The molecule has 4 aromatic carbocycles. The monoisotopic (exact) mass is 519 g/mol. The van der Waals surface area contributed by atoms with E-state index in [0.29, 0.717) is 22.7 Å². The van der Waals surface area contributed by atoms with Crippen LogP contribution in [0.25, 0.3) is 0 Å². The normalized spacial score (nSPS) is 11.4. The lowest BCUT2D eigenvalue weighted by Crippen LogP contribution is -2.07. The number of amidine groups is 1. The van der Waals surface area contributed by atoms with E-state index in [0.717, 1.165) is 5.56 Å². The van der Waals surface area contributed by atoms with Crippen molar-refractivity contribution >= 4 is 17.5 Å². The van der Waals surface area contributed by atoms with Gasteiger partial charge in [0.1, 0.15) is 17.3 Å². The highest BCUT2D eigenvalue weighted by Crippen LogP contribution is 2.24. The molecule has 0 amide bonds. The third kappa shape index (κ3) is 7.04. The van der Waals surface area contributed by atoms with Crippen molar-refractivity contribution in [2.24, 2.45) is 15.3 Å². The van der Waals surface area contributed by atoms with Gasteiger partial charge < -0.3 is 9.47 Å². The van der Waals surface area contributed by atoms with Gasteiger partial charge in [-0.25, -0.2) is 9.82 Å². The van der Waals surface area contributed by atoms with Crippen LogP contribution in [0.1, 0.15) is 11.1 Å². The standard InChI is InChI=1S/C29H22FN7O2/c1-20-11-8-9-18-25(20)26(35-34-22-13-10-12-21(30)19-22)36-37-27-31-28(38-23-14-4-2-5-15-23)33-29(32-27)39-24-16-6-3-7-17-24/h2-19H,1H3,(H,31,32,33,37)/b35-34?,36-26+. The summed E-state index contributed by atoms with van der Waals surface area (Å²) < 4.78 is 25.3. The molecular formula is C29H22FN7O2. The number of rotatable bonds is 8. The second-order valence-corrected chi connectivity index (χ2v) is 8.10. The number of aromatic nitrogens is 3. The molecule has 5 aromatic rings. The van der Waals surface area contributed by atoms with E-state index in [-0.39, 0.29) is 23.8 Å². The van der Waals surface area contributed by atoms with E-state index in [1.54, 1.807) is 36.4 Å². The van der Waals surface area contributed by atoms with Gasteiger partial charge in [0.25, 0.3) is 5.95 Å². The van der Waals surface area contributed by atoms with Crippen molar-refractivity contribution in [2.45, 2.75) is 6.92 Å². The zero-order chi connectivity index (χ0) is 26.9. The summed E-state index contributed by atoms with van der Waals surface area (Å²) in [6.07, 6.45) is 0. The van der Waals surface area contributed by atoms with Crippen molar-refractivity contribution in [1.29, 1.82) is 0 Å². The van der Waals surface area contributed by atoms with Gasteiger partial charge in [-0.05, 0) is 48.9 Å². The summed E-state index contributed by atoms with van der Waals surface area (Å²) in [6.45, 7) is 1.92. The number of azo groups is 1. The van der Waals surface area contributed by atoms with Crippen LogP contribution in [0.15, 0.2) is 125 Å². The summed E-state index contributed by atoms with van der Waals surface area (Å²) in [5.41, 5.74) is 4.77. The first-order valence-corrected chi connectivity index (χ1v) is 11.9. The average Bonchev–Trinajstić information content (AvgIpc) is 2.95. The molecule has 0 radical (unpaired) electrons. The molecule has 5 rings (SSSR count). The minimum atomic E-state index is -0.416. The van der Waals surface area contributed by atoms with E-state index < -0.39 is 5.82 Å². The Kier molecular flexibility index (Phi) is 7.84. The first kappa shape index (κ1) is 25.2. The van der Waals surface area contributed by atoms with Gasteiger partial charge in [0.05, 0.1) is 5.69 Å². The van der Waals surface area contributed by atoms with Gasteiger partial charge in [-0.1, -0.05) is 66.7 Å². The molecule has 0 fully saturated rings. The number of anilines is 1. The van der Waals surface area contributed by atoms with Gasteiger partial charge in [-0.3, -0.25) is 0 Å². The fourth-order valence-electron chi connectivity index (χ4n) is 3.37. The number of hydrogen-bond acceptors (Lipinski definition) is 8. The molecule has 0 aliphatic heterocycles. The summed E-state index contributed by atoms with van der Waals surface area (Å²) >= 11 is 0. The van der Waals surface area contributed by atoms with Crippen molar-refractivity contribution in [3.8, 4) is 23.5 Å². The maximum absolute atomic E-state index is 13.6. The molecule has 192 valence electrons. The first-order chi connectivity index (χ1) is 19.1. The molecule has 0 unspecified atom stereocenters. The molecule has 1 N–H and O–H groups in total. The molecule has 0 atom stereocenters. The largest absolute Gasteiger partial charge is 0.424 e. The average molecular weight is 520 g/mol. The number of aryl methyl sites for hydroxylation is 1. The summed E-state index contributed by atoms with van der Waals surface area (Å²) in [6, 6.07) is 31.5. The molecule has 0 saturated carbocycles. The van der Waals surface area contributed by atoms with Crippen LogP contribution in [0.5, 0.6) is 23.5 Å². The highest BCUT2D eigenvalue weighted by molar-refractivity contribution is 6.00. The number of hydrogen-bond donors (Lipinski definition) is 1. The first-order valence-electron chi connectivity index (χ1n) is 11.9. The number of hydrazone groups is 1. The maximum atomic E-state index is 13.6. The predicted molar refractivity (Wildman–Crippen MR) is 145 cm³/mol. The summed E-state index contributed by atoms with van der Waals surface area (Å²) in [5.74, 6) is 0.936. The lowest BCUT2D eigenvalue weighted by atomic mass is 10.1. The van der Waals surface area contributed by atoms with Gasteiger partial charge in [0.15, 0.2) is 0 Å². The quantitative estimate of drug-likeness (QED) is 0.0987. The Hall–Kier alpha value is -5.51. The van der Waals surface area contributed by atoms with Crippen LogP contribution < -0.4 is 14.9 Å². The van der Waals surface area contributed by atoms with Crippen LogP contribution in [-0.2, 0) is 0 Å². The highest BCUT2D eigenvalue weighted by atomic mass is 19.1. The van der Waals surface area contributed by atoms with Crippen LogP contribution in [0.3, 0.4) is 0 Å². The van der Waals surface area contributed by atoms with E-state index >= 15 is 0 Å². The number of halogens is 1. The van der Waals surface area contributed by atoms with Gasteiger partial charge in [-0.2, -0.15) is 15.1 Å². The Morgan fingerprint density at radius 2 is 1.33 bits per heavy atom. The molecule has 39 heavy (non-hydrogen) atoms. The summed E-state index contributed by atoms with van der Waals surface area (Å²) in [4.78, 5) is 12.9. The summed E-state index contributed by atoms with van der Waals surface area (Å²) in [5, 5.41) is 12.8. The molecule has 0 spiro atoms. The van der Waals surface area contributed by atoms with Crippen LogP contribution in [-0.4, -0.2) is 20.8 Å². The smallest absolute Gasteiger partial charge is 0.330 e. The number of para-hydroxylation sites is 2. The third-order valence-corrected chi connectivity index (χ3v) is 5.22. The van der Waals surface area contributed by atoms with Crippen molar-refractivity contribution in [2.75, 3.05) is 5.43 Å². The van der Waals surface area contributed by atoms with Gasteiger partial charge >= 0.3 is 12.0 Å². The van der Waals surface area contributed by atoms with Crippen LogP contribution in [0.2, 0.25) is 0 Å². The molecule has 0 aliphatic rings. The third-order valence-electron chi connectivity index (χ3n) is 5.22. The molecule has 1 heterocycles. The van der Waals surface area contributed by atoms with Gasteiger partial charge in [0, 0.05) is 11.6 Å². The van der Waals surface area contributed by atoms with E-state index in [9.17, 15) is 4.39 Å². The molecule has 0 aliphatic carbocycles. The number of nitrogens with zero attached hydrogens (tertiary/aromatic N) is 6. The second kappa shape index (κ2) is 12.2. The van der Waals surface area contributed by atoms with Crippen molar-refractivity contribution in [1.82, 2.24) is 15.0 Å². The van der Waals surface area contributed by atoms with E-state index in [2.05, 4.69) is 35.7 Å². The number of benzene rings is 4. The van der Waals surface area contributed by atoms with Gasteiger partial charge in [-0.15, -0.1) is 15.2 Å². The second-order valence-electron chi connectivity index (χ2n) is 8.10. The Balaban J connectivity index is 1.49. The van der Waals surface area contributed by atoms with Crippen LogP contribution in [0, 0.1) is 12.7 Å². The molecule has 0 saturated heterocycles. The summed E-state index contributed by atoms with van der Waals surface area (Å²) in [7, 11) is 0. The molecule has 0 bridgehead atoms. The van der Waals surface area contributed by atoms with Crippen LogP contribution in [0.4, 0.5) is 16.0 Å². The zero-order valence-electron chi connectivity index (χ0n) is 20.8. The Morgan fingerprint density at radius 1 is 0.718 bits per heavy atom. The Morgan fingerprint density at radius 3 is 1.95 bits per heavy atom. The zero-order valence-corrected chi connectivity index (χ0v) is 20.8. The van der Waals surface area contributed by atoms with E-state index in [1.807, 2.05) is 67.6 Å². The highest BCUT2D eigenvalue weighted by Gasteiger charge is 2.12. The fourth-order valence-corrected chi connectivity index (χ4v) is 3.37. The maximum Gasteiger partial charge on any atom is 0.330 e. The van der Waals surface area contributed by atoms with Gasteiger partial charge in [0.2, 0.25) is 5.84 Å². The fraction of sp³-hybridized carbons (Fsp3) is 0.0345.